The Kier molecular flexibility index (Phi) is 7.15. The molecule has 3 amide bonds. The summed E-state index contributed by atoms with van der Waals surface area (Å²) in [6.45, 7) is 9.23. The summed E-state index contributed by atoms with van der Waals surface area (Å²) in [6, 6.07) is 15.0. The number of anilines is 2. The third-order valence-corrected chi connectivity index (χ3v) is 4.34. The van der Waals surface area contributed by atoms with Crippen LogP contribution in [0.1, 0.15) is 45.0 Å². The molecule has 0 saturated heterocycles. The summed E-state index contributed by atoms with van der Waals surface area (Å²) in [6.07, 6.45) is 0. The van der Waals surface area contributed by atoms with E-state index in [0.29, 0.717) is 16.9 Å². The monoisotopic (exact) mass is 395 g/mol. The molecule has 0 saturated carbocycles. The molecule has 0 aromatic heterocycles. The van der Waals surface area contributed by atoms with Gasteiger partial charge in [0.1, 0.15) is 6.04 Å². The molecular formula is C23H29N3O3. The lowest BCUT2D eigenvalue weighted by atomic mass is 9.95. The Morgan fingerprint density at radius 1 is 0.828 bits per heavy atom. The Balaban J connectivity index is 2.09. The Labute approximate surface area is 172 Å². The number of amides is 3. The highest BCUT2D eigenvalue weighted by Gasteiger charge is 2.25. The van der Waals surface area contributed by atoms with Gasteiger partial charge in [-0.25, -0.2) is 0 Å². The van der Waals surface area contributed by atoms with Gasteiger partial charge in [-0.3, -0.25) is 14.4 Å². The van der Waals surface area contributed by atoms with Crippen LogP contribution in [0.3, 0.4) is 0 Å². The first kappa shape index (κ1) is 22.1. The molecule has 6 heteroatoms. The fraction of sp³-hybridized carbons (Fsp3) is 0.348. The van der Waals surface area contributed by atoms with Crippen molar-refractivity contribution < 1.29 is 14.4 Å². The molecule has 2 rings (SSSR count). The number of carbonyl (C=O) groups excluding carboxylic acids is 3. The van der Waals surface area contributed by atoms with Crippen LogP contribution < -0.4 is 16.0 Å². The average molecular weight is 396 g/mol. The van der Waals surface area contributed by atoms with Crippen molar-refractivity contribution >= 4 is 29.1 Å². The van der Waals surface area contributed by atoms with Gasteiger partial charge in [-0.15, -0.1) is 0 Å². The molecule has 3 N–H and O–H groups in total. The second-order valence-electron chi connectivity index (χ2n) is 8.34. The first-order chi connectivity index (χ1) is 13.6. The van der Waals surface area contributed by atoms with E-state index in [-0.39, 0.29) is 23.6 Å². The third-order valence-electron chi connectivity index (χ3n) is 4.34. The summed E-state index contributed by atoms with van der Waals surface area (Å²) in [4.78, 5) is 37.4. The van der Waals surface area contributed by atoms with Crippen LogP contribution in [0.2, 0.25) is 0 Å². The van der Waals surface area contributed by atoms with E-state index in [1.807, 2.05) is 40.7 Å². The molecule has 0 aliphatic heterocycles. The third kappa shape index (κ3) is 6.45. The first-order valence-corrected chi connectivity index (χ1v) is 9.66. The van der Waals surface area contributed by atoms with Crippen molar-refractivity contribution in [3.05, 3.63) is 60.2 Å². The SMILES string of the molecule is CC(C)C(NC(=O)c1ccccc1)C(=O)Nc1cccc(NC(=O)C(C)(C)C)c1. The molecule has 0 aliphatic carbocycles. The Hall–Kier alpha value is -3.15. The molecule has 1 atom stereocenters. The summed E-state index contributed by atoms with van der Waals surface area (Å²) in [5, 5.41) is 8.47. The first-order valence-electron chi connectivity index (χ1n) is 9.66. The fourth-order valence-corrected chi connectivity index (χ4v) is 2.56. The van der Waals surface area contributed by atoms with Crippen molar-refractivity contribution in [2.75, 3.05) is 10.6 Å². The van der Waals surface area contributed by atoms with Gasteiger partial charge in [-0.05, 0) is 36.2 Å². The van der Waals surface area contributed by atoms with E-state index < -0.39 is 11.5 Å². The summed E-state index contributed by atoms with van der Waals surface area (Å²) in [5.74, 6) is -0.836. The molecule has 0 aliphatic rings. The number of nitrogens with one attached hydrogen (secondary N) is 3. The highest BCUT2D eigenvalue weighted by Crippen LogP contribution is 2.20. The molecule has 6 nitrogen and oxygen atoms in total. The van der Waals surface area contributed by atoms with Crippen LogP contribution in [0.5, 0.6) is 0 Å². The zero-order valence-electron chi connectivity index (χ0n) is 17.6. The molecule has 154 valence electrons. The van der Waals surface area contributed by atoms with Gasteiger partial charge < -0.3 is 16.0 Å². The maximum atomic E-state index is 12.8. The van der Waals surface area contributed by atoms with E-state index >= 15 is 0 Å². The fourth-order valence-electron chi connectivity index (χ4n) is 2.56. The minimum absolute atomic E-state index is 0.105. The number of hydrogen-bond acceptors (Lipinski definition) is 3. The lowest BCUT2D eigenvalue weighted by Gasteiger charge is -2.22. The van der Waals surface area contributed by atoms with Crippen LogP contribution in [-0.2, 0) is 9.59 Å². The molecule has 0 radical (unpaired) electrons. The van der Waals surface area contributed by atoms with Crippen molar-refractivity contribution in [3.63, 3.8) is 0 Å². The Morgan fingerprint density at radius 2 is 1.41 bits per heavy atom. The molecule has 0 spiro atoms. The van der Waals surface area contributed by atoms with E-state index in [1.54, 1.807) is 48.5 Å². The molecule has 0 fully saturated rings. The second-order valence-corrected chi connectivity index (χ2v) is 8.34. The number of benzene rings is 2. The average Bonchev–Trinajstić information content (AvgIpc) is 2.65. The van der Waals surface area contributed by atoms with Gasteiger partial charge in [0, 0.05) is 22.4 Å². The van der Waals surface area contributed by atoms with Crippen LogP contribution in [0.4, 0.5) is 11.4 Å². The Morgan fingerprint density at radius 3 is 1.97 bits per heavy atom. The predicted molar refractivity (Wildman–Crippen MR) is 116 cm³/mol. The van der Waals surface area contributed by atoms with E-state index in [0.717, 1.165) is 0 Å². The van der Waals surface area contributed by atoms with Crippen LogP contribution >= 0.6 is 0 Å². The minimum atomic E-state index is -0.699. The van der Waals surface area contributed by atoms with Crippen LogP contribution in [0.25, 0.3) is 0 Å². The normalized spacial score (nSPS) is 12.2. The van der Waals surface area contributed by atoms with Gasteiger partial charge in [-0.2, -0.15) is 0 Å². The Bertz CT molecular complexity index is 870. The highest BCUT2D eigenvalue weighted by molar-refractivity contribution is 6.02. The van der Waals surface area contributed by atoms with Gasteiger partial charge in [0.25, 0.3) is 5.91 Å². The van der Waals surface area contributed by atoms with E-state index in [1.165, 1.54) is 0 Å². The molecule has 29 heavy (non-hydrogen) atoms. The van der Waals surface area contributed by atoms with Crippen molar-refractivity contribution in [2.24, 2.45) is 11.3 Å². The summed E-state index contributed by atoms with van der Waals surface area (Å²) >= 11 is 0. The van der Waals surface area contributed by atoms with Crippen molar-refractivity contribution in [2.45, 2.75) is 40.7 Å². The molecule has 0 bridgehead atoms. The van der Waals surface area contributed by atoms with E-state index in [9.17, 15) is 14.4 Å². The lowest BCUT2D eigenvalue weighted by molar-refractivity contribution is -0.123. The van der Waals surface area contributed by atoms with Gasteiger partial charge in [0.15, 0.2) is 0 Å². The second kappa shape index (κ2) is 9.37. The number of carbonyl (C=O) groups is 3. The topological polar surface area (TPSA) is 87.3 Å². The predicted octanol–water partition coefficient (Wildman–Crippen LogP) is 4.06. The van der Waals surface area contributed by atoms with Gasteiger partial charge in [0.05, 0.1) is 0 Å². The van der Waals surface area contributed by atoms with Crippen LogP contribution in [-0.4, -0.2) is 23.8 Å². The van der Waals surface area contributed by atoms with Gasteiger partial charge in [-0.1, -0.05) is 58.9 Å². The molecule has 0 heterocycles. The van der Waals surface area contributed by atoms with E-state index in [2.05, 4.69) is 16.0 Å². The highest BCUT2D eigenvalue weighted by atomic mass is 16.2. The summed E-state index contributed by atoms with van der Waals surface area (Å²) < 4.78 is 0. The van der Waals surface area contributed by atoms with Crippen molar-refractivity contribution in [1.29, 1.82) is 0 Å². The van der Waals surface area contributed by atoms with Crippen molar-refractivity contribution in [1.82, 2.24) is 5.32 Å². The maximum Gasteiger partial charge on any atom is 0.251 e. The maximum absolute atomic E-state index is 12.8. The van der Waals surface area contributed by atoms with Gasteiger partial charge in [0.2, 0.25) is 11.8 Å². The van der Waals surface area contributed by atoms with Crippen molar-refractivity contribution in [3.8, 4) is 0 Å². The zero-order chi connectivity index (χ0) is 21.6. The quantitative estimate of drug-likeness (QED) is 0.689. The van der Waals surface area contributed by atoms with Gasteiger partial charge >= 0.3 is 0 Å². The molecular weight excluding hydrogens is 366 g/mol. The smallest absolute Gasteiger partial charge is 0.251 e. The lowest BCUT2D eigenvalue weighted by Crippen LogP contribution is -2.47. The summed E-state index contributed by atoms with van der Waals surface area (Å²) in [5.41, 5.74) is 1.11. The van der Waals surface area contributed by atoms with E-state index in [4.69, 9.17) is 0 Å². The van der Waals surface area contributed by atoms with Crippen LogP contribution in [0, 0.1) is 11.3 Å². The number of hydrogen-bond donors (Lipinski definition) is 3. The molecule has 2 aromatic rings. The minimum Gasteiger partial charge on any atom is -0.340 e. The standard InChI is InChI=1S/C23H29N3O3/c1-15(2)19(26-20(27)16-10-7-6-8-11-16)21(28)24-17-12-9-13-18(14-17)25-22(29)23(3,4)5/h6-15,19H,1-5H3,(H,24,28)(H,25,29)(H,26,27). The zero-order valence-corrected chi connectivity index (χ0v) is 17.6. The van der Waals surface area contributed by atoms with Crippen LogP contribution in [0.15, 0.2) is 54.6 Å². The molecule has 2 aromatic carbocycles. The molecule has 1 unspecified atom stereocenters. The summed E-state index contributed by atoms with van der Waals surface area (Å²) in [7, 11) is 0. The largest absolute Gasteiger partial charge is 0.340 e. The number of rotatable bonds is 6.